The third-order valence-corrected chi connectivity index (χ3v) is 7.67. The molecular weight excluding hydrogens is 336 g/mol. The van der Waals surface area contributed by atoms with Gasteiger partial charge in [-0.05, 0) is 68.9 Å². The molecule has 0 heterocycles. The van der Waals surface area contributed by atoms with E-state index in [1.54, 1.807) is 6.92 Å². The highest BCUT2D eigenvalue weighted by atomic mass is 16.4. The number of allylic oxidation sites excluding steroid dienone is 1. The van der Waals surface area contributed by atoms with Crippen molar-refractivity contribution in [3.63, 3.8) is 0 Å². The molecule has 0 aromatic rings. The lowest BCUT2D eigenvalue weighted by Crippen LogP contribution is -2.63. The maximum absolute atomic E-state index is 12.9. The van der Waals surface area contributed by atoms with Crippen LogP contribution in [0.25, 0.3) is 0 Å². The molecule has 6 nitrogen and oxygen atoms in total. The quantitative estimate of drug-likeness (QED) is 0.591. The Balaban J connectivity index is 2.11. The number of Topliss-reactive ketones (excluding diaryl/α,β-unsaturated/α-hetero) is 1. The van der Waals surface area contributed by atoms with Crippen LogP contribution in [0.1, 0.15) is 59.8 Å². The number of carboxylic acids is 1. The molecule has 3 aliphatic carbocycles. The van der Waals surface area contributed by atoms with Crippen LogP contribution in [0.3, 0.4) is 0 Å². The zero-order chi connectivity index (χ0) is 19.7. The molecule has 0 amide bonds. The van der Waals surface area contributed by atoms with Crippen molar-refractivity contribution in [2.75, 3.05) is 0 Å². The summed E-state index contributed by atoms with van der Waals surface area (Å²) in [4.78, 5) is 24.9. The van der Waals surface area contributed by atoms with E-state index in [-0.39, 0.29) is 30.5 Å². The minimum Gasteiger partial charge on any atom is -0.481 e. The number of hydrogen-bond donors (Lipinski definition) is 4. The number of aliphatic hydroxyl groups excluding tert-OH is 1. The second-order valence-corrected chi connectivity index (χ2v) is 9.55. The Morgan fingerprint density at radius 2 is 1.88 bits per heavy atom. The molecular formula is C20H30O6. The van der Waals surface area contributed by atoms with Crippen LogP contribution < -0.4 is 0 Å². The largest absolute Gasteiger partial charge is 0.481 e. The van der Waals surface area contributed by atoms with Crippen molar-refractivity contribution in [1.82, 2.24) is 0 Å². The monoisotopic (exact) mass is 366 g/mol. The SMILES string of the molecule is CC(C)(O)[C@]1(O)C=C2C(=O)C[C@@H]3[C@](C)(CCC[C@@]3(C)C(=O)O)[C@H]2C[C@@H]1O. The summed E-state index contributed by atoms with van der Waals surface area (Å²) >= 11 is 0. The molecule has 0 radical (unpaired) electrons. The zero-order valence-corrected chi connectivity index (χ0v) is 16.0. The van der Waals surface area contributed by atoms with E-state index >= 15 is 0 Å². The van der Waals surface area contributed by atoms with Gasteiger partial charge in [-0.3, -0.25) is 9.59 Å². The summed E-state index contributed by atoms with van der Waals surface area (Å²) in [6.45, 7) is 6.57. The topological polar surface area (TPSA) is 115 Å². The number of carbonyl (C=O) groups is 2. The summed E-state index contributed by atoms with van der Waals surface area (Å²) in [6, 6.07) is 0. The highest BCUT2D eigenvalue weighted by Crippen LogP contribution is 2.63. The van der Waals surface area contributed by atoms with Gasteiger partial charge in [-0.1, -0.05) is 13.3 Å². The van der Waals surface area contributed by atoms with Crippen LogP contribution in [0.2, 0.25) is 0 Å². The Hall–Kier alpha value is -1.24. The highest BCUT2D eigenvalue weighted by Gasteiger charge is 2.63. The van der Waals surface area contributed by atoms with Gasteiger partial charge in [0.15, 0.2) is 5.78 Å². The Morgan fingerprint density at radius 3 is 2.42 bits per heavy atom. The molecule has 0 unspecified atom stereocenters. The number of aliphatic hydroxyl groups is 3. The van der Waals surface area contributed by atoms with E-state index < -0.39 is 34.1 Å². The smallest absolute Gasteiger partial charge is 0.309 e. The zero-order valence-electron chi connectivity index (χ0n) is 16.0. The van der Waals surface area contributed by atoms with Crippen molar-refractivity contribution >= 4 is 11.8 Å². The molecule has 0 aromatic carbocycles. The molecule has 146 valence electrons. The van der Waals surface area contributed by atoms with Gasteiger partial charge in [-0.25, -0.2) is 0 Å². The van der Waals surface area contributed by atoms with Gasteiger partial charge in [0.05, 0.1) is 17.1 Å². The molecule has 3 rings (SSSR count). The van der Waals surface area contributed by atoms with Gasteiger partial charge in [0, 0.05) is 6.42 Å². The van der Waals surface area contributed by atoms with Crippen LogP contribution in [-0.2, 0) is 9.59 Å². The molecule has 0 saturated heterocycles. The second-order valence-electron chi connectivity index (χ2n) is 9.55. The number of fused-ring (bicyclic) bond motifs is 3. The van der Waals surface area contributed by atoms with Gasteiger partial charge in [-0.2, -0.15) is 0 Å². The fraction of sp³-hybridized carbons (Fsp3) is 0.800. The van der Waals surface area contributed by atoms with Crippen LogP contribution in [0.15, 0.2) is 11.6 Å². The summed E-state index contributed by atoms with van der Waals surface area (Å²) < 4.78 is 0. The fourth-order valence-electron chi connectivity index (χ4n) is 5.79. The summed E-state index contributed by atoms with van der Waals surface area (Å²) in [5.74, 6) is -1.68. The molecule has 2 fully saturated rings. The third-order valence-electron chi connectivity index (χ3n) is 7.67. The van der Waals surface area contributed by atoms with E-state index in [0.29, 0.717) is 12.0 Å². The molecule has 3 aliphatic rings. The molecule has 0 bridgehead atoms. The van der Waals surface area contributed by atoms with Crippen molar-refractivity contribution in [3.05, 3.63) is 11.6 Å². The maximum atomic E-state index is 12.9. The van der Waals surface area contributed by atoms with Crippen LogP contribution in [0.5, 0.6) is 0 Å². The van der Waals surface area contributed by atoms with Crippen molar-refractivity contribution in [2.45, 2.75) is 77.1 Å². The summed E-state index contributed by atoms with van der Waals surface area (Å²) in [7, 11) is 0. The summed E-state index contributed by atoms with van der Waals surface area (Å²) in [5, 5.41) is 41.7. The Morgan fingerprint density at radius 1 is 1.27 bits per heavy atom. The average Bonchev–Trinajstić information content (AvgIpc) is 2.51. The van der Waals surface area contributed by atoms with Gasteiger partial charge in [0.1, 0.15) is 5.60 Å². The number of ketones is 1. The molecule has 6 atom stereocenters. The normalized spacial score (nSPS) is 46.2. The molecule has 6 heteroatoms. The molecule has 2 saturated carbocycles. The van der Waals surface area contributed by atoms with E-state index in [1.165, 1.54) is 19.9 Å². The van der Waals surface area contributed by atoms with Gasteiger partial charge in [-0.15, -0.1) is 0 Å². The molecule has 26 heavy (non-hydrogen) atoms. The summed E-state index contributed by atoms with van der Waals surface area (Å²) in [6.07, 6.45) is 2.46. The van der Waals surface area contributed by atoms with Crippen molar-refractivity contribution in [1.29, 1.82) is 0 Å². The molecule has 0 aromatic heterocycles. The third kappa shape index (κ3) is 2.42. The van der Waals surface area contributed by atoms with Crippen molar-refractivity contribution < 1.29 is 30.0 Å². The van der Waals surface area contributed by atoms with Crippen LogP contribution >= 0.6 is 0 Å². The molecule has 0 spiro atoms. The van der Waals surface area contributed by atoms with Gasteiger partial charge >= 0.3 is 5.97 Å². The number of aliphatic carboxylic acids is 1. The average molecular weight is 366 g/mol. The fourth-order valence-corrected chi connectivity index (χ4v) is 5.79. The first-order valence-corrected chi connectivity index (χ1v) is 9.39. The Kier molecular flexibility index (Phi) is 4.23. The van der Waals surface area contributed by atoms with E-state index in [0.717, 1.165) is 12.8 Å². The molecule has 4 N–H and O–H groups in total. The van der Waals surface area contributed by atoms with E-state index in [2.05, 4.69) is 0 Å². The molecule has 0 aliphatic heterocycles. The van der Waals surface area contributed by atoms with Crippen LogP contribution in [0.4, 0.5) is 0 Å². The first-order chi connectivity index (χ1) is 11.8. The standard InChI is InChI=1S/C20H30O6/c1-17(2,25)20(26)10-11-12(8-15(20)22)18(3)6-5-7-19(4,16(23)24)14(18)9-13(11)21/h10,12,14-15,22,25-26H,5-9H2,1-4H3,(H,23,24)/t12-,14+,15-,18+,19+,20-/m0/s1. The lowest BCUT2D eigenvalue weighted by atomic mass is 9.45. The van der Waals surface area contributed by atoms with E-state index in [4.69, 9.17) is 0 Å². The minimum absolute atomic E-state index is 0.125. The first-order valence-electron chi connectivity index (χ1n) is 9.39. The number of rotatable bonds is 2. The minimum atomic E-state index is -1.90. The summed E-state index contributed by atoms with van der Waals surface area (Å²) in [5.41, 5.74) is -4.48. The first kappa shape index (κ1) is 19.5. The number of carbonyl (C=O) groups excluding carboxylic acids is 1. The van der Waals surface area contributed by atoms with Crippen LogP contribution in [-0.4, -0.2) is 49.5 Å². The van der Waals surface area contributed by atoms with Gasteiger partial charge in [0.25, 0.3) is 0 Å². The Bertz CT molecular complexity index is 676. The van der Waals surface area contributed by atoms with Crippen molar-refractivity contribution in [3.8, 4) is 0 Å². The van der Waals surface area contributed by atoms with Gasteiger partial charge < -0.3 is 20.4 Å². The number of hydrogen-bond acceptors (Lipinski definition) is 5. The predicted molar refractivity (Wildman–Crippen MR) is 94.3 cm³/mol. The predicted octanol–water partition coefficient (Wildman–Crippen LogP) is 1.67. The Labute approximate surface area is 153 Å². The van der Waals surface area contributed by atoms with E-state index in [1.807, 2.05) is 6.92 Å². The lowest BCUT2D eigenvalue weighted by Gasteiger charge is -2.59. The number of carboxylic acid groups (broad SMARTS) is 1. The van der Waals surface area contributed by atoms with Gasteiger partial charge in [0.2, 0.25) is 0 Å². The second kappa shape index (κ2) is 5.63. The van der Waals surface area contributed by atoms with Crippen LogP contribution in [0, 0.1) is 22.7 Å². The highest BCUT2D eigenvalue weighted by molar-refractivity contribution is 5.98. The van der Waals surface area contributed by atoms with E-state index in [9.17, 15) is 30.0 Å². The lowest BCUT2D eigenvalue weighted by molar-refractivity contribution is -0.184. The maximum Gasteiger partial charge on any atom is 0.309 e. The van der Waals surface area contributed by atoms with Crippen molar-refractivity contribution in [2.24, 2.45) is 22.7 Å².